The maximum Gasteiger partial charge on any atom is 0.519 e. The van der Waals surface area contributed by atoms with Crippen LogP contribution >= 0.6 is 0 Å². The van der Waals surface area contributed by atoms with Crippen molar-refractivity contribution in [2.24, 2.45) is 0 Å². The molecule has 0 saturated heterocycles. The zero-order valence-corrected chi connectivity index (χ0v) is 12.1. The van der Waals surface area contributed by atoms with Crippen molar-refractivity contribution in [3.05, 3.63) is 30.6 Å². The zero-order chi connectivity index (χ0) is 19.9. The standard InChI is InChI=1S/C10H6F10NO3S/c11-6(8(14,15)16)7(12,13)9(17,18)10(19,20)24-25(22,23)21-4-2-1-3-5-21/h1-6H/q+1. The first-order chi connectivity index (χ1) is 11.0. The van der Waals surface area contributed by atoms with Gasteiger partial charge in [-0.15, -0.1) is 12.6 Å². The van der Waals surface area contributed by atoms with E-state index in [1.54, 1.807) is 0 Å². The molecule has 1 atom stereocenters. The fraction of sp³-hybridized carbons (Fsp3) is 0.500. The van der Waals surface area contributed by atoms with Crippen molar-refractivity contribution < 1.29 is 60.5 Å². The molecule has 1 aromatic heterocycles. The third-order valence-corrected chi connectivity index (χ3v) is 3.73. The first kappa shape index (κ1) is 21.4. The highest BCUT2D eigenvalue weighted by Crippen LogP contribution is 2.51. The average Bonchev–Trinajstić information content (AvgIpc) is 2.45. The first-order valence-electron chi connectivity index (χ1n) is 5.73. The van der Waals surface area contributed by atoms with Crippen molar-refractivity contribution in [3.8, 4) is 0 Å². The van der Waals surface area contributed by atoms with Gasteiger partial charge in [0.25, 0.3) is 6.17 Å². The van der Waals surface area contributed by atoms with Gasteiger partial charge in [0.2, 0.25) is 0 Å². The van der Waals surface area contributed by atoms with Crippen LogP contribution in [0.1, 0.15) is 0 Å². The maximum atomic E-state index is 13.2. The van der Waals surface area contributed by atoms with Crippen LogP contribution in [-0.2, 0) is 14.5 Å². The van der Waals surface area contributed by atoms with E-state index in [0.29, 0.717) is 12.4 Å². The van der Waals surface area contributed by atoms with Crippen molar-refractivity contribution in [2.45, 2.75) is 30.3 Å². The quantitative estimate of drug-likeness (QED) is 0.536. The number of pyridine rings is 1. The third-order valence-electron chi connectivity index (χ3n) is 2.55. The van der Waals surface area contributed by atoms with E-state index in [-0.39, 0.29) is 3.97 Å². The Morgan fingerprint density at radius 3 is 1.68 bits per heavy atom. The summed E-state index contributed by atoms with van der Waals surface area (Å²) < 4.78 is 152. The lowest BCUT2D eigenvalue weighted by Crippen LogP contribution is -2.63. The number of alkyl halides is 10. The minimum atomic E-state index is -7.17. The van der Waals surface area contributed by atoms with Gasteiger partial charge in [-0.25, -0.2) is 4.39 Å². The Morgan fingerprint density at radius 1 is 0.840 bits per heavy atom. The van der Waals surface area contributed by atoms with Crippen molar-refractivity contribution >= 4 is 10.3 Å². The highest BCUT2D eigenvalue weighted by atomic mass is 32.2. The summed E-state index contributed by atoms with van der Waals surface area (Å²) in [5, 5.41) is 0. The summed E-state index contributed by atoms with van der Waals surface area (Å²) in [5.74, 6) is -14.2. The summed E-state index contributed by atoms with van der Waals surface area (Å²) in [6.45, 7) is 0. The Balaban J connectivity index is 3.27. The molecule has 1 unspecified atom stereocenters. The molecule has 1 rings (SSSR count). The van der Waals surface area contributed by atoms with Crippen molar-refractivity contribution in [2.75, 3.05) is 0 Å². The fourth-order valence-corrected chi connectivity index (χ4v) is 2.21. The van der Waals surface area contributed by atoms with Crippen LogP contribution in [0.25, 0.3) is 0 Å². The number of nitrogens with zero attached hydrogens (tertiary/aromatic N) is 1. The van der Waals surface area contributed by atoms with Crippen LogP contribution in [0.3, 0.4) is 0 Å². The smallest absolute Gasteiger partial charge is 0.230 e. The van der Waals surface area contributed by atoms with Gasteiger partial charge in [0, 0.05) is 12.1 Å². The van der Waals surface area contributed by atoms with E-state index in [0.717, 1.165) is 18.2 Å². The number of rotatable bonds is 6. The molecule has 0 spiro atoms. The molecule has 0 fully saturated rings. The van der Waals surface area contributed by atoms with Crippen LogP contribution < -0.4 is 3.97 Å². The molecular formula is C10H6F10NO3S+. The highest BCUT2D eigenvalue weighted by Gasteiger charge is 2.81. The molecule has 25 heavy (non-hydrogen) atoms. The number of hydrogen-bond donors (Lipinski definition) is 0. The molecule has 0 radical (unpaired) electrons. The SMILES string of the molecule is O=S(=O)(OC(F)(F)C(F)(F)C(F)(F)C(F)C(F)(F)F)[n+]1ccccc1. The molecule has 0 aromatic carbocycles. The van der Waals surface area contributed by atoms with Crippen LogP contribution in [0.15, 0.2) is 30.6 Å². The van der Waals surface area contributed by atoms with Gasteiger partial charge < -0.3 is 0 Å². The molecule has 0 saturated carbocycles. The van der Waals surface area contributed by atoms with Gasteiger partial charge >= 0.3 is 34.4 Å². The molecule has 1 heterocycles. The lowest BCUT2D eigenvalue weighted by molar-refractivity contribution is -0.528. The van der Waals surface area contributed by atoms with Crippen molar-refractivity contribution in [1.29, 1.82) is 0 Å². The molecule has 144 valence electrons. The fourth-order valence-electron chi connectivity index (χ4n) is 1.32. The van der Waals surface area contributed by atoms with Crippen LogP contribution in [0.5, 0.6) is 0 Å². The van der Waals surface area contributed by atoms with E-state index in [1.165, 1.54) is 0 Å². The molecule has 0 aliphatic heterocycles. The predicted octanol–water partition coefficient (Wildman–Crippen LogP) is 2.85. The Morgan fingerprint density at radius 2 is 1.28 bits per heavy atom. The van der Waals surface area contributed by atoms with Gasteiger partial charge in [-0.2, -0.15) is 39.5 Å². The second kappa shape index (κ2) is 6.26. The number of hydrogen-bond acceptors (Lipinski definition) is 3. The zero-order valence-electron chi connectivity index (χ0n) is 11.3. The summed E-state index contributed by atoms with van der Waals surface area (Å²) >= 11 is 0. The minimum Gasteiger partial charge on any atom is -0.230 e. The average molecular weight is 410 g/mol. The third kappa shape index (κ3) is 3.96. The lowest BCUT2D eigenvalue weighted by atomic mass is 10.1. The van der Waals surface area contributed by atoms with Crippen LogP contribution in [0, 0.1) is 0 Å². The number of aromatic nitrogens is 1. The second-order valence-electron chi connectivity index (χ2n) is 4.36. The molecular weight excluding hydrogens is 404 g/mol. The summed E-state index contributed by atoms with van der Waals surface area (Å²) in [6, 6.07) is 2.91. The van der Waals surface area contributed by atoms with Crippen molar-refractivity contribution in [1.82, 2.24) is 0 Å². The van der Waals surface area contributed by atoms with E-state index < -0.39 is 40.6 Å². The molecule has 4 nitrogen and oxygen atoms in total. The van der Waals surface area contributed by atoms with Gasteiger partial charge in [0.1, 0.15) is 0 Å². The van der Waals surface area contributed by atoms with Crippen LogP contribution in [0.4, 0.5) is 43.9 Å². The van der Waals surface area contributed by atoms with E-state index in [4.69, 9.17) is 0 Å². The molecule has 0 bridgehead atoms. The number of halogens is 10. The van der Waals surface area contributed by atoms with Crippen molar-refractivity contribution in [3.63, 3.8) is 0 Å². The van der Waals surface area contributed by atoms with Crippen LogP contribution in [0.2, 0.25) is 0 Å². The predicted molar refractivity (Wildman–Crippen MR) is 57.8 cm³/mol. The van der Waals surface area contributed by atoms with E-state index in [1.807, 2.05) is 0 Å². The molecule has 0 N–H and O–H groups in total. The highest BCUT2D eigenvalue weighted by molar-refractivity contribution is 7.80. The Kier molecular flexibility index (Phi) is 5.36. The largest absolute Gasteiger partial charge is 0.519 e. The molecule has 15 heteroatoms. The summed E-state index contributed by atoms with van der Waals surface area (Å²) in [5.41, 5.74) is 0. The lowest BCUT2D eigenvalue weighted by Gasteiger charge is -2.32. The Bertz CT molecular complexity index is 703. The van der Waals surface area contributed by atoms with E-state index >= 15 is 0 Å². The van der Waals surface area contributed by atoms with Gasteiger partial charge in [-0.1, -0.05) is 10.0 Å². The topological polar surface area (TPSA) is 47.3 Å². The van der Waals surface area contributed by atoms with Gasteiger partial charge in [0.05, 0.1) is 0 Å². The monoisotopic (exact) mass is 410 g/mol. The van der Waals surface area contributed by atoms with E-state index in [9.17, 15) is 52.3 Å². The van der Waals surface area contributed by atoms with Crippen LogP contribution in [-0.4, -0.2) is 38.7 Å². The Labute approximate surface area is 132 Å². The minimum absolute atomic E-state index is 0.258. The Hall–Kier alpha value is -1.64. The summed E-state index contributed by atoms with van der Waals surface area (Å²) in [7, 11) is -5.87. The maximum absolute atomic E-state index is 13.2. The molecule has 0 aliphatic carbocycles. The summed E-state index contributed by atoms with van der Waals surface area (Å²) in [4.78, 5) is 0. The molecule has 0 amide bonds. The van der Waals surface area contributed by atoms with Gasteiger partial charge in [-0.05, 0) is 0 Å². The van der Waals surface area contributed by atoms with Gasteiger partial charge in [0.15, 0.2) is 12.4 Å². The van der Waals surface area contributed by atoms with E-state index in [2.05, 4.69) is 4.18 Å². The first-order valence-corrected chi connectivity index (χ1v) is 7.10. The summed E-state index contributed by atoms with van der Waals surface area (Å²) in [6.07, 6.45) is -18.1. The van der Waals surface area contributed by atoms with Gasteiger partial charge in [-0.3, -0.25) is 0 Å². The molecule has 1 aromatic rings. The normalized spacial score (nSPS) is 15.9. The second-order valence-corrected chi connectivity index (χ2v) is 5.81. The molecule has 0 aliphatic rings.